The first kappa shape index (κ1) is 13.7. The smallest absolute Gasteiger partial charge is 0.274 e. The summed E-state index contributed by atoms with van der Waals surface area (Å²) in [6.45, 7) is 0. The molecule has 0 spiro atoms. The van der Waals surface area contributed by atoms with Crippen molar-refractivity contribution in [2.45, 2.75) is 10.6 Å². The number of benzene rings is 2. The van der Waals surface area contributed by atoms with E-state index in [1.807, 2.05) is 0 Å². The standard InChI is InChI=1S/C13H10ClNO3S/c14-10-6-5-9(11(7-10)15(17)18)8-19-13-4-2-1-3-12(13)16/h1-7,16H,8H2. The molecule has 6 heteroatoms. The molecule has 2 aromatic carbocycles. The molecule has 0 bridgehead atoms. The van der Waals surface area contributed by atoms with Crippen LogP contribution in [0.1, 0.15) is 5.56 Å². The predicted molar refractivity (Wildman–Crippen MR) is 75.8 cm³/mol. The van der Waals surface area contributed by atoms with Gasteiger partial charge in [-0.25, -0.2) is 0 Å². The van der Waals surface area contributed by atoms with Gasteiger partial charge in [0.05, 0.1) is 4.92 Å². The molecule has 0 aliphatic heterocycles. The van der Waals surface area contributed by atoms with Crippen molar-refractivity contribution in [1.29, 1.82) is 0 Å². The van der Waals surface area contributed by atoms with E-state index in [0.717, 1.165) is 0 Å². The molecule has 0 aromatic heterocycles. The van der Waals surface area contributed by atoms with Crippen LogP contribution >= 0.6 is 23.4 Å². The summed E-state index contributed by atoms with van der Waals surface area (Å²) in [5, 5.41) is 20.9. The van der Waals surface area contributed by atoms with Gasteiger partial charge in [0.25, 0.3) is 5.69 Å². The molecule has 0 aliphatic rings. The fourth-order valence-electron chi connectivity index (χ4n) is 1.56. The molecule has 1 N–H and O–H groups in total. The number of nitro benzene ring substituents is 1. The van der Waals surface area contributed by atoms with Gasteiger partial charge in [0, 0.05) is 27.3 Å². The lowest BCUT2D eigenvalue weighted by atomic mass is 10.2. The summed E-state index contributed by atoms with van der Waals surface area (Å²) in [4.78, 5) is 11.2. The Morgan fingerprint density at radius 2 is 2.00 bits per heavy atom. The Morgan fingerprint density at radius 1 is 1.26 bits per heavy atom. The van der Waals surface area contributed by atoms with E-state index in [4.69, 9.17) is 11.6 Å². The molecule has 0 saturated heterocycles. The number of para-hydroxylation sites is 1. The molecule has 0 fully saturated rings. The zero-order chi connectivity index (χ0) is 13.8. The molecule has 2 rings (SSSR count). The Balaban J connectivity index is 2.20. The highest BCUT2D eigenvalue weighted by Gasteiger charge is 2.14. The van der Waals surface area contributed by atoms with E-state index in [0.29, 0.717) is 21.2 Å². The molecule has 4 nitrogen and oxygen atoms in total. The Kier molecular flexibility index (Phi) is 4.29. The minimum absolute atomic E-state index is 0.00424. The quantitative estimate of drug-likeness (QED) is 0.520. The van der Waals surface area contributed by atoms with Crippen LogP contribution in [0, 0.1) is 10.1 Å². The summed E-state index contributed by atoms with van der Waals surface area (Å²) in [6.07, 6.45) is 0. The first-order valence-corrected chi connectivity index (χ1v) is 6.78. The van der Waals surface area contributed by atoms with Gasteiger partial charge in [0.2, 0.25) is 0 Å². The van der Waals surface area contributed by atoms with Gasteiger partial charge in [-0.15, -0.1) is 11.8 Å². The minimum Gasteiger partial charge on any atom is -0.507 e. The van der Waals surface area contributed by atoms with E-state index < -0.39 is 4.92 Å². The molecule has 2 aromatic rings. The second-order valence-electron chi connectivity index (χ2n) is 3.79. The van der Waals surface area contributed by atoms with Crippen LogP contribution in [-0.4, -0.2) is 10.0 Å². The number of halogens is 1. The number of aromatic hydroxyl groups is 1. The summed E-state index contributed by atoms with van der Waals surface area (Å²) >= 11 is 7.09. The van der Waals surface area contributed by atoms with Crippen LogP contribution in [-0.2, 0) is 5.75 Å². The predicted octanol–water partition coefficient (Wildman–Crippen LogP) is 4.25. The van der Waals surface area contributed by atoms with E-state index in [-0.39, 0.29) is 11.4 Å². The fourth-order valence-corrected chi connectivity index (χ4v) is 2.68. The van der Waals surface area contributed by atoms with Crippen LogP contribution in [0.3, 0.4) is 0 Å². The van der Waals surface area contributed by atoms with Crippen molar-refractivity contribution < 1.29 is 10.0 Å². The van der Waals surface area contributed by atoms with Crippen molar-refractivity contribution in [3.05, 3.63) is 63.2 Å². The zero-order valence-corrected chi connectivity index (χ0v) is 11.3. The number of nitrogens with zero attached hydrogens (tertiary/aromatic N) is 1. The number of phenolic OH excluding ortho intramolecular Hbond substituents is 1. The molecule has 0 heterocycles. The Bertz CT molecular complexity index is 619. The van der Waals surface area contributed by atoms with Crippen LogP contribution in [0.4, 0.5) is 5.69 Å². The third kappa shape index (κ3) is 3.39. The van der Waals surface area contributed by atoms with Crippen molar-refractivity contribution in [1.82, 2.24) is 0 Å². The molecule has 0 aliphatic carbocycles. The lowest BCUT2D eigenvalue weighted by Crippen LogP contribution is -1.94. The highest BCUT2D eigenvalue weighted by atomic mass is 35.5. The molecule has 0 atom stereocenters. The Morgan fingerprint density at radius 3 is 2.68 bits per heavy atom. The van der Waals surface area contributed by atoms with Crippen molar-refractivity contribution in [3.8, 4) is 5.75 Å². The van der Waals surface area contributed by atoms with Crippen molar-refractivity contribution in [2.75, 3.05) is 0 Å². The maximum Gasteiger partial charge on any atom is 0.274 e. The summed E-state index contributed by atoms with van der Waals surface area (Å²) in [6, 6.07) is 11.5. The molecule has 0 unspecified atom stereocenters. The van der Waals surface area contributed by atoms with Gasteiger partial charge in [0.1, 0.15) is 5.75 Å². The monoisotopic (exact) mass is 295 g/mol. The molecule has 19 heavy (non-hydrogen) atoms. The number of hydrogen-bond acceptors (Lipinski definition) is 4. The highest BCUT2D eigenvalue weighted by Crippen LogP contribution is 2.33. The van der Waals surface area contributed by atoms with E-state index in [1.54, 1.807) is 36.4 Å². The topological polar surface area (TPSA) is 63.4 Å². The van der Waals surface area contributed by atoms with Crippen molar-refractivity contribution in [2.24, 2.45) is 0 Å². The summed E-state index contributed by atoms with van der Waals surface area (Å²) < 4.78 is 0. The lowest BCUT2D eigenvalue weighted by molar-refractivity contribution is -0.385. The zero-order valence-electron chi connectivity index (χ0n) is 9.75. The van der Waals surface area contributed by atoms with Crippen LogP contribution in [0.25, 0.3) is 0 Å². The van der Waals surface area contributed by atoms with Gasteiger partial charge < -0.3 is 5.11 Å². The highest BCUT2D eigenvalue weighted by molar-refractivity contribution is 7.98. The van der Waals surface area contributed by atoms with Gasteiger partial charge >= 0.3 is 0 Å². The summed E-state index contributed by atoms with van der Waals surface area (Å²) in [5.41, 5.74) is 0.568. The average molecular weight is 296 g/mol. The molecule has 0 saturated carbocycles. The first-order chi connectivity index (χ1) is 9.08. The minimum atomic E-state index is -0.452. The van der Waals surface area contributed by atoms with Crippen LogP contribution in [0.2, 0.25) is 5.02 Å². The molecule has 98 valence electrons. The van der Waals surface area contributed by atoms with Crippen molar-refractivity contribution in [3.63, 3.8) is 0 Å². The second-order valence-corrected chi connectivity index (χ2v) is 5.24. The normalized spacial score (nSPS) is 10.4. The van der Waals surface area contributed by atoms with Gasteiger partial charge in [-0.05, 0) is 24.3 Å². The van der Waals surface area contributed by atoms with Crippen LogP contribution in [0.15, 0.2) is 47.4 Å². The lowest BCUT2D eigenvalue weighted by Gasteiger charge is -2.05. The SMILES string of the molecule is O=[N+]([O-])c1cc(Cl)ccc1CSc1ccccc1O. The number of thioether (sulfide) groups is 1. The van der Waals surface area contributed by atoms with Crippen LogP contribution in [0.5, 0.6) is 5.75 Å². The number of hydrogen-bond donors (Lipinski definition) is 1. The second kappa shape index (κ2) is 5.95. The summed E-state index contributed by atoms with van der Waals surface area (Å²) in [5.74, 6) is 0.564. The van der Waals surface area contributed by atoms with E-state index >= 15 is 0 Å². The maximum absolute atomic E-state index is 10.9. The Hall–Kier alpha value is -1.72. The van der Waals surface area contributed by atoms with Gasteiger partial charge in [-0.1, -0.05) is 23.7 Å². The largest absolute Gasteiger partial charge is 0.507 e. The van der Waals surface area contributed by atoms with Crippen LogP contribution < -0.4 is 0 Å². The molecular weight excluding hydrogens is 286 g/mol. The summed E-state index contributed by atoms with van der Waals surface area (Å²) in [7, 11) is 0. The Labute approximate surface area is 119 Å². The average Bonchev–Trinajstić information content (AvgIpc) is 2.38. The number of nitro groups is 1. The third-order valence-corrected chi connectivity index (χ3v) is 3.84. The maximum atomic E-state index is 10.9. The van der Waals surface area contributed by atoms with E-state index in [1.165, 1.54) is 17.8 Å². The first-order valence-electron chi connectivity index (χ1n) is 5.41. The number of rotatable bonds is 4. The van der Waals surface area contributed by atoms with E-state index in [9.17, 15) is 15.2 Å². The number of phenols is 1. The van der Waals surface area contributed by atoms with Gasteiger partial charge in [0.15, 0.2) is 0 Å². The van der Waals surface area contributed by atoms with E-state index in [2.05, 4.69) is 0 Å². The van der Waals surface area contributed by atoms with Crippen molar-refractivity contribution >= 4 is 29.1 Å². The molecule has 0 radical (unpaired) electrons. The third-order valence-electron chi connectivity index (χ3n) is 2.49. The molecular formula is C13H10ClNO3S. The fraction of sp³-hybridized carbons (Fsp3) is 0.0769. The van der Waals surface area contributed by atoms with Gasteiger partial charge in [-0.3, -0.25) is 10.1 Å². The van der Waals surface area contributed by atoms with Gasteiger partial charge in [-0.2, -0.15) is 0 Å². The molecule has 0 amide bonds.